The first-order valence-electron chi connectivity index (χ1n) is 9.35. The molecule has 2 aromatic rings. The van der Waals surface area contributed by atoms with Crippen LogP contribution < -0.4 is 0 Å². The topological polar surface area (TPSA) is 72.8 Å². The van der Waals surface area contributed by atoms with Gasteiger partial charge in [0, 0.05) is 55.3 Å². The van der Waals surface area contributed by atoms with Gasteiger partial charge in [-0.2, -0.15) is 10.3 Å². The number of amides is 1. The number of piperazine rings is 1. The molecule has 1 aromatic carbocycles. The molecule has 8 heteroatoms. The normalized spacial score (nSPS) is 18.9. The highest BCUT2D eigenvalue weighted by Gasteiger charge is 2.28. The van der Waals surface area contributed by atoms with Gasteiger partial charge in [-0.1, -0.05) is 28.1 Å². The number of nitriles is 1. The van der Waals surface area contributed by atoms with Crippen LogP contribution in [0.2, 0.25) is 0 Å². The molecule has 0 unspecified atom stereocenters. The number of benzene rings is 1. The van der Waals surface area contributed by atoms with Gasteiger partial charge < -0.3 is 9.32 Å². The van der Waals surface area contributed by atoms with Crippen LogP contribution in [0.25, 0.3) is 17.4 Å². The van der Waals surface area contributed by atoms with Crippen LogP contribution in [0.3, 0.4) is 0 Å². The molecule has 1 fully saturated rings. The average Bonchev–Trinajstić information content (AvgIpc) is 3.35. The van der Waals surface area contributed by atoms with Crippen molar-refractivity contribution in [3.63, 3.8) is 0 Å². The molecule has 2 aliphatic rings. The number of amidine groups is 1. The molecule has 6 nitrogen and oxygen atoms in total. The molecule has 1 saturated heterocycles. The molecule has 0 N–H and O–H groups in total. The Balaban J connectivity index is 1.39. The highest BCUT2D eigenvalue weighted by molar-refractivity contribution is 9.10. The van der Waals surface area contributed by atoms with E-state index < -0.39 is 0 Å². The Morgan fingerprint density at radius 2 is 1.93 bits per heavy atom. The minimum absolute atomic E-state index is 0.224. The summed E-state index contributed by atoms with van der Waals surface area (Å²) in [5.74, 6) is 1.17. The van der Waals surface area contributed by atoms with Crippen molar-refractivity contribution in [2.24, 2.45) is 4.99 Å². The summed E-state index contributed by atoms with van der Waals surface area (Å²) in [6.45, 7) is 4.18. The van der Waals surface area contributed by atoms with E-state index in [2.05, 4.69) is 36.8 Å². The van der Waals surface area contributed by atoms with Crippen LogP contribution in [0, 0.1) is 11.3 Å². The van der Waals surface area contributed by atoms with Crippen LogP contribution in [0.15, 0.2) is 55.2 Å². The van der Waals surface area contributed by atoms with Crippen molar-refractivity contribution in [1.29, 1.82) is 5.26 Å². The van der Waals surface area contributed by atoms with E-state index in [1.54, 1.807) is 6.08 Å². The zero-order chi connectivity index (χ0) is 20.2. The lowest BCUT2D eigenvalue weighted by molar-refractivity contribution is -0.113. The summed E-state index contributed by atoms with van der Waals surface area (Å²) in [6, 6.07) is 13.8. The van der Waals surface area contributed by atoms with E-state index in [0.29, 0.717) is 17.1 Å². The molecule has 0 saturated carbocycles. The second-order valence-corrected chi connectivity index (χ2v) is 8.68. The van der Waals surface area contributed by atoms with E-state index in [1.165, 1.54) is 11.8 Å². The molecule has 0 spiro atoms. The molecule has 29 heavy (non-hydrogen) atoms. The van der Waals surface area contributed by atoms with Gasteiger partial charge in [-0.3, -0.25) is 9.69 Å². The Morgan fingerprint density at radius 3 is 2.66 bits per heavy atom. The third kappa shape index (κ3) is 4.81. The van der Waals surface area contributed by atoms with E-state index in [1.807, 2.05) is 36.4 Å². The molecule has 4 rings (SSSR count). The third-order valence-corrected chi connectivity index (χ3v) is 6.39. The van der Waals surface area contributed by atoms with Gasteiger partial charge in [-0.25, -0.2) is 0 Å². The summed E-state index contributed by atoms with van der Waals surface area (Å²) in [6.07, 6.45) is 2.31. The molecular formula is C21H19BrN4O2S. The van der Waals surface area contributed by atoms with E-state index >= 15 is 0 Å². The maximum absolute atomic E-state index is 12.4. The Bertz CT molecular complexity index is 998. The Labute approximate surface area is 182 Å². The molecular weight excluding hydrogens is 452 g/mol. The standard InChI is InChI=1S/C21H19BrN4O2S/c22-16-4-2-15(3-5-16)18-7-6-17(28-18)14-19-20(27)24-21(29-19)26-12-10-25(11-13-26)9-1-8-23/h2-7,14H,1,9-13H2/b19-14-. The van der Waals surface area contributed by atoms with Gasteiger partial charge in [-0.15, -0.1) is 0 Å². The summed E-state index contributed by atoms with van der Waals surface area (Å²) >= 11 is 4.82. The predicted molar refractivity (Wildman–Crippen MR) is 118 cm³/mol. The zero-order valence-electron chi connectivity index (χ0n) is 15.7. The van der Waals surface area contributed by atoms with E-state index in [0.717, 1.165) is 53.7 Å². The molecule has 2 aliphatic heterocycles. The lowest BCUT2D eigenvalue weighted by Crippen LogP contribution is -2.47. The molecule has 1 amide bonds. The van der Waals surface area contributed by atoms with Crippen LogP contribution in [-0.4, -0.2) is 53.6 Å². The first kappa shape index (κ1) is 20.0. The maximum Gasteiger partial charge on any atom is 0.286 e. The van der Waals surface area contributed by atoms with Crippen molar-refractivity contribution in [2.45, 2.75) is 6.42 Å². The molecule has 0 bridgehead atoms. The summed E-state index contributed by atoms with van der Waals surface area (Å²) in [4.78, 5) is 21.6. The summed E-state index contributed by atoms with van der Waals surface area (Å²) < 4.78 is 6.91. The van der Waals surface area contributed by atoms with E-state index in [4.69, 9.17) is 9.68 Å². The van der Waals surface area contributed by atoms with Crippen molar-refractivity contribution in [1.82, 2.24) is 9.80 Å². The number of thioether (sulfide) groups is 1. The largest absolute Gasteiger partial charge is 0.457 e. The van der Waals surface area contributed by atoms with Crippen LogP contribution in [0.1, 0.15) is 12.2 Å². The van der Waals surface area contributed by atoms with Crippen LogP contribution in [-0.2, 0) is 4.79 Å². The van der Waals surface area contributed by atoms with Crippen LogP contribution >= 0.6 is 27.7 Å². The van der Waals surface area contributed by atoms with Gasteiger partial charge in [0.2, 0.25) is 0 Å². The summed E-state index contributed by atoms with van der Waals surface area (Å²) in [7, 11) is 0. The van der Waals surface area contributed by atoms with Crippen molar-refractivity contribution < 1.29 is 9.21 Å². The first-order valence-corrected chi connectivity index (χ1v) is 11.0. The van der Waals surface area contributed by atoms with E-state index in [-0.39, 0.29) is 5.91 Å². The third-order valence-electron chi connectivity index (χ3n) is 4.82. The number of carbonyl (C=O) groups is 1. The number of rotatable bonds is 4. The van der Waals surface area contributed by atoms with Gasteiger partial charge in [0.25, 0.3) is 5.91 Å². The Kier molecular flexibility index (Phi) is 6.19. The summed E-state index contributed by atoms with van der Waals surface area (Å²) in [5, 5.41) is 9.47. The minimum Gasteiger partial charge on any atom is -0.457 e. The molecule has 1 aromatic heterocycles. The Hall–Kier alpha value is -2.34. The fourth-order valence-electron chi connectivity index (χ4n) is 3.23. The van der Waals surface area contributed by atoms with Gasteiger partial charge in [0.15, 0.2) is 5.17 Å². The van der Waals surface area contributed by atoms with Gasteiger partial charge in [0.05, 0.1) is 11.0 Å². The molecule has 0 aliphatic carbocycles. The average molecular weight is 471 g/mol. The van der Waals surface area contributed by atoms with Gasteiger partial charge in [0.1, 0.15) is 11.5 Å². The maximum atomic E-state index is 12.4. The quantitative estimate of drug-likeness (QED) is 0.623. The fraction of sp³-hybridized carbons (Fsp3) is 0.286. The predicted octanol–water partition coefficient (Wildman–Crippen LogP) is 4.21. The van der Waals surface area contributed by atoms with E-state index in [9.17, 15) is 4.79 Å². The highest BCUT2D eigenvalue weighted by Crippen LogP contribution is 2.32. The smallest absolute Gasteiger partial charge is 0.286 e. The SMILES string of the molecule is N#CCCN1CCN(C2=NC(=O)/C(=C/c3ccc(-c4ccc(Br)cc4)o3)S2)CC1. The number of hydrogen-bond acceptors (Lipinski definition) is 6. The van der Waals surface area contributed by atoms with Crippen LogP contribution in [0.4, 0.5) is 0 Å². The Morgan fingerprint density at radius 1 is 1.17 bits per heavy atom. The first-order chi connectivity index (χ1) is 14.1. The van der Waals surface area contributed by atoms with Crippen molar-refractivity contribution in [3.05, 3.63) is 51.5 Å². The lowest BCUT2D eigenvalue weighted by atomic mass is 10.2. The van der Waals surface area contributed by atoms with Gasteiger partial charge in [-0.05, 0) is 36.0 Å². The van der Waals surface area contributed by atoms with Crippen LogP contribution in [0.5, 0.6) is 0 Å². The minimum atomic E-state index is -0.224. The van der Waals surface area contributed by atoms with Crippen molar-refractivity contribution in [2.75, 3.05) is 32.7 Å². The lowest BCUT2D eigenvalue weighted by Gasteiger charge is -2.34. The molecule has 0 radical (unpaired) electrons. The number of hydrogen-bond donors (Lipinski definition) is 0. The van der Waals surface area contributed by atoms with Crippen molar-refractivity contribution >= 4 is 44.8 Å². The molecule has 3 heterocycles. The molecule has 0 atom stereocenters. The highest BCUT2D eigenvalue weighted by atomic mass is 79.9. The molecule has 148 valence electrons. The van der Waals surface area contributed by atoms with Crippen molar-refractivity contribution in [3.8, 4) is 17.4 Å². The summed E-state index contributed by atoms with van der Waals surface area (Å²) in [5.41, 5.74) is 0.981. The van der Waals surface area contributed by atoms with Gasteiger partial charge >= 0.3 is 0 Å². The monoisotopic (exact) mass is 470 g/mol. The number of aliphatic imine (C=N–C) groups is 1. The second-order valence-electron chi connectivity index (χ2n) is 6.76. The zero-order valence-corrected chi connectivity index (χ0v) is 18.1. The number of carbonyl (C=O) groups excluding carboxylic acids is 1. The number of nitrogens with zero attached hydrogens (tertiary/aromatic N) is 4. The fourth-order valence-corrected chi connectivity index (χ4v) is 4.44. The number of halogens is 1. The number of furan rings is 1. The second kappa shape index (κ2) is 8.99.